The molecule has 1 aromatic carbocycles. The van der Waals surface area contributed by atoms with Gasteiger partial charge in [0.15, 0.2) is 0 Å². The van der Waals surface area contributed by atoms with E-state index in [2.05, 4.69) is 4.74 Å². The fraction of sp³-hybridized carbons (Fsp3) is 0.182. The number of fused-ring (bicyclic) bond motifs is 1. The van der Waals surface area contributed by atoms with Crippen molar-refractivity contribution >= 4 is 16.9 Å². The minimum atomic E-state index is -0.333. The number of ether oxygens (including phenoxy) is 1. The molecular formula is C11H10O3. The van der Waals surface area contributed by atoms with E-state index in [0.29, 0.717) is 11.1 Å². The molecule has 0 bridgehead atoms. The van der Waals surface area contributed by atoms with Gasteiger partial charge in [0.25, 0.3) is 0 Å². The highest BCUT2D eigenvalue weighted by atomic mass is 16.5. The number of aryl methyl sites for hydroxylation is 1. The van der Waals surface area contributed by atoms with Crippen molar-refractivity contribution in [3.63, 3.8) is 0 Å². The molecule has 0 saturated heterocycles. The van der Waals surface area contributed by atoms with Gasteiger partial charge in [0.2, 0.25) is 0 Å². The van der Waals surface area contributed by atoms with Gasteiger partial charge in [0.1, 0.15) is 5.58 Å². The van der Waals surface area contributed by atoms with E-state index in [1.165, 1.54) is 7.11 Å². The molecule has 2 rings (SSSR count). The van der Waals surface area contributed by atoms with Crippen molar-refractivity contribution in [2.75, 3.05) is 7.11 Å². The summed E-state index contributed by atoms with van der Waals surface area (Å²) < 4.78 is 9.96. The van der Waals surface area contributed by atoms with E-state index in [1.54, 1.807) is 18.4 Å². The minimum Gasteiger partial charge on any atom is -0.465 e. The smallest absolute Gasteiger partial charge is 0.338 e. The summed E-state index contributed by atoms with van der Waals surface area (Å²) in [6.07, 6.45) is 1.64. The van der Waals surface area contributed by atoms with Crippen LogP contribution >= 0.6 is 0 Å². The minimum absolute atomic E-state index is 0.333. The lowest BCUT2D eigenvalue weighted by molar-refractivity contribution is 0.0603. The maximum Gasteiger partial charge on any atom is 0.338 e. The Hall–Kier alpha value is -1.77. The van der Waals surface area contributed by atoms with Gasteiger partial charge in [-0.25, -0.2) is 4.79 Å². The third-order valence-corrected chi connectivity index (χ3v) is 2.19. The molecule has 0 spiro atoms. The molecule has 0 atom stereocenters. The average Bonchev–Trinajstić information content (AvgIpc) is 2.59. The highest BCUT2D eigenvalue weighted by Crippen LogP contribution is 2.24. The van der Waals surface area contributed by atoms with E-state index in [9.17, 15) is 4.79 Å². The summed E-state index contributed by atoms with van der Waals surface area (Å²) in [5, 5.41) is 0.833. The molecule has 72 valence electrons. The van der Waals surface area contributed by atoms with Crippen molar-refractivity contribution < 1.29 is 13.9 Å². The Morgan fingerprint density at radius 1 is 1.43 bits per heavy atom. The van der Waals surface area contributed by atoms with Crippen molar-refractivity contribution in [2.45, 2.75) is 6.92 Å². The van der Waals surface area contributed by atoms with Gasteiger partial charge in [0.05, 0.1) is 18.9 Å². The van der Waals surface area contributed by atoms with Crippen molar-refractivity contribution in [1.29, 1.82) is 0 Å². The number of furan rings is 1. The van der Waals surface area contributed by atoms with Gasteiger partial charge in [-0.05, 0) is 24.6 Å². The van der Waals surface area contributed by atoms with Crippen LogP contribution in [0.1, 0.15) is 15.9 Å². The van der Waals surface area contributed by atoms with Gasteiger partial charge in [-0.1, -0.05) is 6.07 Å². The molecule has 0 N–H and O–H groups in total. The molecule has 0 aliphatic heterocycles. The molecule has 0 unspecified atom stereocenters. The monoisotopic (exact) mass is 190 g/mol. The SMILES string of the molecule is COC(=O)c1cccc2occ(C)c12. The zero-order chi connectivity index (χ0) is 10.1. The number of esters is 1. The number of hydrogen-bond acceptors (Lipinski definition) is 3. The van der Waals surface area contributed by atoms with E-state index < -0.39 is 0 Å². The Balaban J connectivity index is 2.75. The van der Waals surface area contributed by atoms with Gasteiger partial charge >= 0.3 is 5.97 Å². The van der Waals surface area contributed by atoms with Crippen LogP contribution in [0.3, 0.4) is 0 Å². The lowest BCUT2D eigenvalue weighted by Crippen LogP contribution is -2.01. The molecular weight excluding hydrogens is 180 g/mol. The predicted octanol–water partition coefficient (Wildman–Crippen LogP) is 2.53. The zero-order valence-corrected chi connectivity index (χ0v) is 8.03. The van der Waals surface area contributed by atoms with Crippen LogP contribution in [0.25, 0.3) is 11.0 Å². The molecule has 1 heterocycles. The molecule has 14 heavy (non-hydrogen) atoms. The normalized spacial score (nSPS) is 10.4. The van der Waals surface area contributed by atoms with Gasteiger partial charge in [-0.2, -0.15) is 0 Å². The van der Waals surface area contributed by atoms with Gasteiger partial charge in [-0.3, -0.25) is 0 Å². The van der Waals surface area contributed by atoms with Crippen LogP contribution in [-0.2, 0) is 4.74 Å². The van der Waals surface area contributed by atoms with Crippen LogP contribution in [0.2, 0.25) is 0 Å². The maximum atomic E-state index is 11.4. The topological polar surface area (TPSA) is 39.4 Å². The van der Waals surface area contributed by atoms with Crippen LogP contribution < -0.4 is 0 Å². The molecule has 0 radical (unpaired) electrons. The summed E-state index contributed by atoms with van der Waals surface area (Å²) >= 11 is 0. The number of hydrogen-bond donors (Lipinski definition) is 0. The number of benzene rings is 1. The summed E-state index contributed by atoms with van der Waals surface area (Å²) in [5.74, 6) is -0.333. The molecule has 0 amide bonds. The van der Waals surface area contributed by atoms with Crippen LogP contribution in [0.4, 0.5) is 0 Å². The number of rotatable bonds is 1. The lowest BCUT2D eigenvalue weighted by atomic mass is 10.1. The van der Waals surface area contributed by atoms with E-state index in [1.807, 2.05) is 13.0 Å². The fourth-order valence-electron chi connectivity index (χ4n) is 1.53. The molecule has 0 aliphatic rings. The largest absolute Gasteiger partial charge is 0.465 e. The summed E-state index contributed by atoms with van der Waals surface area (Å²) in [6.45, 7) is 1.90. The molecule has 0 aliphatic carbocycles. The number of methoxy groups -OCH3 is 1. The van der Waals surface area contributed by atoms with Crippen LogP contribution in [-0.4, -0.2) is 13.1 Å². The summed E-state index contributed by atoms with van der Waals surface area (Å²) in [4.78, 5) is 11.4. The molecule has 3 nitrogen and oxygen atoms in total. The van der Waals surface area contributed by atoms with Crippen LogP contribution in [0, 0.1) is 6.92 Å². The van der Waals surface area contributed by atoms with Crippen molar-refractivity contribution in [1.82, 2.24) is 0 Å². The van der Waals surface area contributed by atoms with Gasteiger partial charge in [0, 0.05) is 5.39 Å². The highest BCUT2D eigenvalue weighted by Gasteiger charge is 2.13. The van der Waals surface area contributed by atoms with Crippen molar-refractivity contribution in [2.24, 2.45) is 0 Å². The van der Waals surface area contributed by atoms with Crippen molar-refractivity contribution in [3.8, 4) is 0 Å². The first-order valence-electron chi connectivity index (χ1n) is 4.29. The van der Waals surface area contributed by atoms with Crippen LogP contribution in [0.15, 0.2) is 28.9 Å². The van der Waals surface area contributed by atoms with Crippen molar-refractivity contribution in [3.05, 3.63) is 35.6 Å². The quantitative estimate of drug-likeness (QED) is 0.648. The second kappa shape index (κ2) is 3.18. The third-order valence-electron chi connectivity index (χ3n) is 2.19. The summed E-state index contributed by atoms with van der Waals surface area (Å²) in [6, 6.07) is 5.34. The second-order valence-electron chi connectivity index (χ2n) is 3.09. The standard InChI is InChI=1S/C11H10O3/c1-7-6-14-9-5-3-4-8(10(7)9)11(12)13-2/h3-6H,1-2H3. The van der Waals surface area contributed by atoms with Gasteiger partial charge < -0.3 is 9.15 Å². The van der Waals surface area contributed by atoms with Crippen LogP contribution in [0.5, 0.6) is 0 Å². The Morgan fingerprint density at radius 2 is 2.21 bits per heavy atom. The molecule has 1 aromatic heterocycles. The summed E-state index contributed by atoms with van der Waals surface area (Å²) in [5.41, 5.74) is 2.21. The Kier molecular flexibility index (Phi) is 2.00. The highest BCUT2D eigenvalue weighted by molar-refractivity contribution is 6.04. The molecule has 2 aromatic rings. The molecule has 0 saturated carbocycles. The predicted molar refractivity (Wildman–Crippen MR) is 52.3 cm³/mol. The second-order valence-corrected chi connectivity index (χ2v) is 3.09. The van der Waals surface area contributed by atoms with E-state index in [-0.39, 0.29) is 5.97 Å². The fourth-order valence-corrected chi connectivity index (χ4v) is 1.53. The maximum absolute atomic E-state index is 11.4. The Bertz CT molecular complexity index is 482. The van der Waals surface area contributed by atoms with E-state index in [4.69, 9.17) is 4.42 Å². The number of carbonyl (C=O) groups is 1. The molecule has 3 heteroatoms. The zero-order valence-electron chi connectivity index (χ0n) is 8.03. The van der Waals surface area contributed by atoms with Gasteiger partial charge in [-0.15, -0.1) is 0 Å². The first kappa shape index (κ1) is 8.81. The van der Waals surface area contributed by atoms with E-state index in [0.717, 1.165) is 10.9 Å². The summed E-state index contributed by atoms with van der Waals surface area (Å²) in [7, 11) is 1.37. The average molecular weight is 190 g/mol. The first-order chi connectivity index (χ1) is 6.74. The lowest BCUT2D eigenvalue weighted by Gasteiger charge is -2.00. The first-order valence-corrected chi connectivity index (χ1v) is 4.29. The molecule has 0 fully saturated rings. The third kappa shape index (κ3) is 1.18. The Morgan fingerprint density at radius 3 is 2.93 bits per heavy atom. The Labute approximate surface area is 81.3 Å². The van der Waals surface area contributed by atoms with E-state index >= 15 is 0 Å². The number of carbonyl (C=O) groups excluding carboxylic acids is 1.